The Morgan fingerprint density at radius 2 is 2.04 bits per heavy atom. The molecule has 2 aromatic rings. The first kappa shape index (κ1) is 19.1. The molecule has 2 amide bonds. The standard InChI is InChI=1S/C14H17F3N6OS/c1-22(2)6-7-23(9-10-4-3-5-18-8-10)13(24)19-12-21-20-11(25-12)14(15,16)17/h3-5,8H,6-7,9H2,1-2H3,(H,19,21,24). The van der Waals surface area contributed by atoms with Crippen LogP contribution < -0.4 is 5.32 Å². The Morgan fingerprint density at radius 1 is 1.28 bits per heavy atom. The van der Waals surface area contributed by atoms with Crippen molar-refractivity contribution in [3.05, 3.63) is 35.1 Å². The third kappa shape index (κ3) is 5.94. The Labute approximate surface area is 146 Å². The van der Waals surface area contributed by atoms with Crippen LogP contribution in [-0.2, 0) is 12.7 Å². The molecule has 2 aromatic heterocycles. The van der Waals surface area contributed by atoms with E-state index in [-0.39, 0.29) is 23.0 Å². The van der Waals surface area contributed by atoms with E-state index in [1.54, 1.807) is 18.5 Å². The van der Waals surface area contributed by atoms with Gasteiger partial charge in [0.05, 0.1) is 0 Å². The number of amides is 2. The number of aromatic nitrogens is 3. The summed E-state index contributed by atoms with van der Waals surface area (Å²) in [6.45, 7) is 1.26. The number of likely N-dealkylation sites (N-methyl/N-ethyl adjacent to an activating group) is 1. The Balaban J connectivity index is 2.07. The predicted molar refractivity (Wildman–Crippen MR) is 87.1 cm³/mol. The average Bonchev–Trinajstić information content (AvgIpc) is 3.01. The summed E-state index contributed by atoms with van der Waals surface area (Å²) in [5, 5.41) is 7.50. The summed E-state index contributed by atoms with van der Waals surface area (Å²) in [6, 6.07) is 3.02. The van der Waals surface area contributed by atoms with Crippen molar-refractivity contribution in [2.24, 2.45) is 0 Å². The third-order valence-corrected chi connectivity index (χ3v) is 3.97. The molecule has 0 radical (unpaired) electrons. The lowest BCUT2D eigenvalue weighted by molar-refractivity contribution is -0.138. The lowest BCUT2D eigenvalue weighted by Gasteiger charge is -2.24. The average molecular weight is 374 g/mol. The molecule has 0 aliphatic carbocycles. The van der Waals surface area contributed by atoms with Crippen LogP contribution in [0.5, 0.6) is 0 Å². The van der Waals surface area contributed by atoms with Crippen LogP contribution in [0.4, 0.5) is 23.1 Å². The number of nitrogens with one attached hydrogen (secondary N) is 1. The number of pyridine rings is 1. The van der Waals surface area contributed by atoms with E-state index in [4.69, 9.17) is 0 Å². The van der Waals surface area contributed by atoms with Gasteiger partial charge in [0.1, 0.15) is 0 Å². The van der Waals surface area contributed by atoms with Crippen molar-refractivity contribution in [3.8, 4) is 0 Å². The predicted octanol–water partition coefficient (Wildman–Crippen LogP) is 2.55. The van der Waals surface area contributed by atoms with Crippen LogP contribution in [0.15, 0.2) is 24.5 Å². The van der Waals surface area contributed by atoms with E-state index in [1.165, 1.54) is 4.90 Å². The van der Waals surface area contributed by atoms with Gasteiger partial charge in [0.15, 0.2) is 0 Å². The molecule has 0 aliphatic rings. The molecule has 2 rings (SSSR count). The van der Waals surface area contributed by atoms with E-state index < -0.39 is 17.2 Å². The van der Waals surface area contributed by atoms with Gasteiger partial charge in [-0.05, 0) is 25.7 Å². The Bertz CT molecular complexity index is 691. The maximum Gasteiger partial charge on any atom is 0.445 e. The largest absolute Gasteiger partial charge is 0.445 e. The summed E-state index contributed by atoms with van der Waals surface area (Å²) in [5.41, 5.74) is 0.810. The molecule has 0 saturated heterocycles. The monoisotopic (exact) mass is 374 g/mol. The highest BCUT2D eigenvalue weighted by Gasteiger charge is 2.36. The molecule has 0 bridgehead atoms. The van der Waals surface area contributed by atoms with Crippen molar-refractivity contribution < 1.29 is 18.0 Å². The zero-order valence-electron chi connectivity index (χ0n) is 13.6. The molecule has 7 nitrogen and oxygen atoms in total. The van der Waals surface area contributed by atoms with Crippen LogP contribution in [0.25, 0.3) is 0 Å². The highest BCUT2D eigenvalue weighted by Crippen LogP contribution is 2.33. The van der Waals surface area contributed by atoms with Crippen molar-refractivity contribution in [1.29, 1.82) is 0 Å². The minimum absolute atomic E-state index is 0.196. The van der Waals surface area contributed by atoms with Gasteiger partial charge < -0.3 is 9.80 Å². The molecule has 11 heteroatoms. The van der Waals surface area contributed by atoms with E-state index >= 15 is 0 Å². The molecule has 0 unspecified atom stereocenters. The molecule has 0 atom stereocenters. The van der Waals surface area contributed by atoms with E-state index in [9.17, 15) is 18.0 Å². The van der Waals surface area contributed by atoms with E-state index in [2.05, 4.69) is 20.5 Å². The second kappa shape index (κ2) is 8.21. The summed E-state index contributed by atoms with van der Waals surface area (Å²) in [5.74, 6) is 0. The van der Waals surface area contributed by atoms with Gasteiger partial charge >= 0.3 is 12.2 Å². The van der Waals surface area contributed by atoms with Crippen molar-refractivity contribution in [1.82, 2.24) is 25.0 Å². The van der Waals surface area contributed by atoms with Crippen LogP contribution in [-0.4, -0.2) is 58.2 Å². The summed E-state index contributed by atoms with van der Waals surface area (Å²) in [4.78, 5) is 19.8. The molecule has 0 spiro atoms. The van der Waals surface area contributed by atoms with Crippen LogP contribution >= 0.6 is 11.3 Å². The maximum atomic E-state index is 12.6. The Kier molecular flexibility index (Phi) is 6.26. The quantitative estimate of drug-likeness (QED) is 0.841. The number of alkyl halides is 3. The van der Waals surface area contributed by atoms with Crippen LogP contribution in [0.1, 0.15) is 10.6 Å². The van der Waals surface area contributed by atoms with Gasteiger partial charge in [-0.2, -0.15) is 13.2 Å². The first-order valence-corrected chi connectivity index (χ1v) is 8.07. The normalized spacial score (nSPS) is 11.6. The molecule has 0 saturated carbocycles. The summed E-state index contributed by atoms with van der Waals surface area (Å²) in [7, 11) is 3.72. The number of rotatable bonds is 6. The molecular formula is C14H17F3N6OS. The van der Waals surface area contributed by atoms with E-state index in [0.717, 1.165) is 5.56 Å². The maximum absolute atomic E-state index is 12.6. The van der Waals surface area contributed by atoms with Crippen molar-refractivity contribution in [3.63, 3.8) is 0 Å². The number of anilines is 1. The minimum Gasteiger partial charge on any atom is -0.319 e. The second-order valence-electron chi connectivity index (χ2n) is 5.43. The smallest absolute Gasteiger partial charge is 0.319 e. The summed E-state index contributed by atoms with van der Waals surface area (Å²) in [6.07, 6.45) is -1.34. The van der Waals surface area contributed by atoms with Crippen molar-refractivity contribution in [2.75, 3.05) is 32.5 Å². The van der Waals surface area contributed by atoms with Gasteiger partial charge in [0.25, 0.3) is 0 Å². The lowest BCUT2D eigenvalue weighted by atomic mass is 10.2. The fourth-order valence-electron chi connectivity index (χ4n) is 1.84. The first-order chi connectivity index (χ1) is 11.8. The lowest BCUT2D eigenvalue weighted by Crippen LogP contribution is -2.39. The fourth-order valence-corrected chi connectivity index (χ4v) is 2.44. The summed E-state index contributed by atoms with van der Waals surface area (Å²) >= 11 is 0.288. The summed E-state index contributed by atoms with van der Waals surface area (Å²) < 4.78 is 37.7. The highest BCUT2D eigenvalue weighted by atomic mass is 32.1. The molecule has 2 heterocycles. The molecule has 1 N–H and O–H groups in total. The van der Waals surface area contributed by atoms with Crippen LogP contribution in [0, 0.1) is 0 Å². The topological polar surface area (TPSA) is 74.2 Å². The number of carbonyl (C=O) groups excluding carboxylic acids is 1. The Hall–Kier alpha value is -2.27. The number of nitrogens with zero attached hydrogens (tertiary/aromatic N) is 5. The first-order valence-electron chi connectivity index (χ1n) is 7.26. The van der Waals surface area contributed by atoms with Gasteiger partial charge in [-0.3, -0.25) is 10.3 Å². The number of hydrogen-bond donors (Lipinski definition) is 1. The van der Waals surface area contributed by atoms with E-state index in [0.29, 0.717) is 13.1 Å². The van der Waals surface area contributed by atoms with Crippen LogP contribution in [0.3, 0.4) is 0 Å². The molecule has 0 fully saturated rings. The highest BCUT2D eigenvalue weighted by molar-refractivity contribution is 7.15. The van der Waals surface area contributed by atoms with Gasteiger partial charge in [0, 0.05) is 32.0 Å². The number of carbonyl (C=O) groups is 1. The molecule has 0 aromatic carbocycles. The molecule has 136 valence electrons. The van der Waals surface area contributed by atoms with Gasteiger partial charge in [0.2, 0.25) is 10.1 Å². The zero-order valence-corrected chi connectivity index (χ0v) is 14.4. The third-order valence-electron chi connectivity index (χ3n) is 3.08. The van der Waals surface area contributed by atoms with Gasteiger partial charge in [-0.25, -0.2) is 4.79 Å². The number of hydrogen-bond acceptors (Lipinski definition) is 6. The van der Waals surface area contributed by atoms with Crippen molar-refractivity contribution >= 4 is 22.5 Å². The van der Waals surface area contributed by atoms with Crippen molar-refractivity contribution in [2.45, 2.75) is 12.7 Å². The van der Waals surface area contributed by atoms with Gasteiger partial charge in [-0.1, -0.05) is 17.4 Å². The SMILES string of the molecule is CN(C)CCN(Cc1cccnc1)C(=O)Nc1nnc(C(F)(F)F)s1. The zero-order chi connectivity index (χ0) is 18.4. The Morgan fingerprint density at radius 3 is 2.60 bits per heavy atom. The minimum atomic E-state index is -4.58. The second-order valence-corrected chi connectivity index (χ2v) is 6.40. The molecular weight excluding hydrogens is 357 g/mol. The van der Waals surface area contributed by atoms with Crippen LogP contribution in [0.2, 0.25) is 0 Å². The molecule has 25 heavy (non-hydrogen) atoms. The van der Waals surface area contributed by atoms with E-state index in [1.807, 2.05) is 25.1 Å². The number of urea groups is 1. The fraction of sp³-hybridized carbons (Fsp3) is 0.429. The van der Waals surface area contributed by atoms with Gasteiger partial charge in [-0.15, -0.1) is 10.2 Å². The number of halogens is 3. The molecule has 0 aliphatic heterocycles.